The van der Waals surface area contributed by atoms with Gasteiger partial charge in [0, 0.05) is 18.7 Å². The van der Waals surface area contributed by atoms with Gasteiger partial charge in [0.2, 0.25) is 0 Å². The Morgan fingerprint density at radius 1 is 1.30 bits per heavy atom. The first kappa shape index (κ1) is 12.9. The summed E-state index contributed by atoms with van der Waals surface area (Å²) < 4.78 is 0. The summed E-state index contributed by atoms with van der Waals surface area (Å²) in [4.78, 5) is 13.5. The van der Waals surface area contributed by atoms with Gasteiger partial charge in [-0.25, -0.2) is 0 Å². The van der Waals surface area contributed by atoms with Crippen molar-refractivity contribution in [2.75, 3.05) is 18.0 Å². The topological polar surface area (TPSA) is 87.9 Å². The molecule has 1 amide bonds. The summed E-state index contributed by atoms with van der Waals surface area (Å²) in [5.41, 5.74) is 7.54. The third-order valence-corrected chi connectivity index (χ3v) is 3.75. The molecule has 1 aromatic carbocycles. The molecule has 1 fully saturated rings. The molecule has 0 spiro atoms. The van der Waals surface area contributed by atoms with Gasteiger partial charge in [-0.05, 0) is 25.0 Å². The van der Waals surface area contributed by atoms with Crippen LogP contribution in [0.4, 0.5) is 5.69 Å². The molecule has 3 rings (SSSR count). The minimum absolute atomic E-state index is 0.120. The molecule has 1 aliphatic rings. The van der Waals surface area contributed by atoms with E-state index in [0.717, 1.165) is 24.3 Å². The molecule has 104 valence electrons. The highest BCUT2D eigenvalue weighted by atomic mass is 35.5. The lowest BCUT2D eigenvalue weighted by Gasteiger charge is -2.19. The van der Waals surface area contributed by atoms with Crippen molar-refractivity contribution in [3.05, 3.63) is 28.9 Å². The highest BCUT2D eigenvalue weighted by Crippen LogP contribution is 2.32. The SMILES string of the molecule is NC(=O)c1n[nH]nc1-c1ccc(N2CCCC2)c(Cl)c1. The normalized spacial score (nSPS) is 14.8. The molecule has 0 atom stereocenters. The lowest BCUT2D eigenvalue weighted by atomic mass is 10.1. The number of nitrogens with one attached hydrogen (secondary N) is 1. The van der Waals surface area contributed by atoms with Gasteiger partial charge in [-0.15, -0.1) is 0 Å². The van der Waals surface area contributed by atoms with Crippen LogP contribution in [0.1, 0.15) is 23.3 Å². The predicted molar refractivity (Wildman–Crippen MR) is 76.8 cm³/mol. The number of halogens is 1. The minimum atomic E-state index is -0.617. The highest BCUT2D eigenvalue weighted by molar-refractivity contribution is 6.33. The maximum atomic E-state index is 11.3. The lowest BCUT2D eigenvalue weighted by Crippen LogP contribution is -2.17. The van der Waals surface area contributed by atoms with E-state index in [1.54, 1.807) is 6.07 Å². The van der Waals surface area contributed by atoms with E-state index in [2.05, 4.69) is 20.3 Å². The van der Waals surface area contributed by atoms with E-state index in [-0.39, 0.29) is 5.69 Å². The van der Waals surface area contributed by atoms with Crippen molar-refractivity contribution in [1.82, 2.24) is 15.4 Å². The molecular weight excluding hydrogens is 278 g/mol. The second kappa shape index (κ2) is 5.13. The summed E-state index contributed by atoms with van der Waals surface area (Å²) in [6, 6.07) is 5.62. The minimum Gasteiger partial charge on any atom is -0.370 e. The van der Waals surface area contributed by atoms with Crippen molar-refractivity contribution in [3.8, 4) is 11.3 Å². The fourth-order valence-corrected chi connectivity index (χ4v) is 2.77. The number of aromatic amines is 1. The van der Waals surface area contributed by atoms with Crippen molar-refractivity contribution in [2.45, 2.75) is 12.8 Å². The van der Waals surface area contributed by atoms with Crippen LogP contribution in [0, 0.1) is 0 Å². The molecule has 0 unspecified atom stereocenters. The summed E-state index contributed by atoms with van der Waals surface area (Å²) in [5.74, 6) is -0.617. The number of rotatable bonds is 3. The molecule has 2 heterocycles. The number of amides is 1. The Morgan fingerprint density at radius 2 is 2.05 bits per heavy atom. The van der Waals surface area contributed by atoms with Crippen molar-refractivity contribution >= 4 is 23.2 Å². The number of H-pyrrole nitrogens is 1. The van der Waals surface area contributed by atoms with Gasteiger partial charge in [-0.1, -0.05) is 17.7 Å². The van der Waals surface area contributed by atoms with E-state index in [1.807, 2.05) is 12.1 Å². The Balaban J connectivity index is 1.97. The van der Waals surface area contributed by atoms with Gasteiger partial charge in [0.05, 0.1) is 10.7 Å². The van der Waals surface area contributed by atoms with Gasteiger partial charge in [-0.2, -0.15) is 15.4 Å². The summed E-state index contributed by atoms with van der Waals surface area (Å²) in [7, 11) is 0. The first-order valence-corrected chi connectivity index (χ1v) is 6.80. The van der Waals surface area contributed by atoms with Gasteiger partial charge in [0.15, 0.2) is 5.69 Å². The molecule has 6 nitrogen and oxygen atoms in total. The van der Waals surface area contributed by atoms with Crippen molar-refractivity contribution < 1.29 is 4.79 Å². The van der Waals surface area contributed by atoms with E-state index in [9.17, 15) is 4.79 Å². The molecule has 0 aliphatic carbocycles. The number of carbonyl (C=O) groups is 1. The molecule has 2 aromatic rings. The zero-order chi connectivity index (χ0) is 14.1. The number of hydrogen-bond donors (Lipinski definition) is 2. The van der Waals surface area contributed by atoms with Crippen LogP contribution in [0.25, 0.3) is 11.3 Å². The van der Waals surface area contributed by atoms with Gasteiger partial charge < -0.3 is 10.6 Å². The van der Waals surface area contributed by atoms with Crippen LogP contribution < -0.4 is 10.6 Å². The zero-order valence-corrected chi connectivity index (χ0v) is 11.5. The quantitative estimate of drug-likeness (QED) is 0.903. The van der Waals surface area contributed by atoms with Gasteiger partial charge in [0.25, 0.3) is 5.91 Å². The van der Waals surface area contributed by atoms with E-state index in [0.29, 0.717) is 10.7 Å². The van der Waals surface area contributed by atoms with Gasteiger partial charge >= 0.3 is 0 Å². The average molecular weight is 292 g/mol. The Hall–Kier alpha value is -2.08. The summed E-state index contributed by atoms with van der Waals surface area (Å²) in [6.45, 7) is 2.05. The lowest BCUT2D eigenvalue weighted by molar-refractivity contribution is 0.0996. The van der Waals surface area contributed by atoms with Crippen LogP contribution in [0.2, 0.25) is 5.02 Å². The second-order valence-corrected chi connectivity index (χ2v) is 5.15. The van der Waals surface area contributed by atoms with E-state index in [1.165, 1.54) is 12.8 Å². The van der Waals surface area contributed by atoms with E-state index >= 15 is 0 Å². The molecule has 0 saturated carbocycles. The van der Waals surface area contributed by atoms with Crippen molar-refractivity contribution in [2.24, 2.45) is 5.73 Å². The molecule has 1 aliphatic heterocycles. The van der Waals surface area contributed by atoms with Crippen LogP contribution in [-0.2, 0) is 0 Å². The summed E-state index contributed by atoms with van der Waals surface area (Å²) in [5, 5.41) is 10.8. The van der Waals surface area contributed by atoms with Crippen LogP contribution in [-0.4, -0.2) is 34.4 Å². The molecule has 20 heavy (non-hydrogen) atoms. The fraction of sp³-hybridized carbons (Fsp3) is 0.308. The van der Waals surface area contributed by atoms with Crippen molar-refractivity contribution in [3.63, 3.8) is 0 Å². The number of benzene rings is 1. The second-order valence-electron chi connectivity index (χ2n) is 4.75. The van der Waals surface area contributed by atoms with E-state index in [4.69, 9.17) is 17.3 Å². The number of nitrogens with zero attached hydrogens (tertiary/aromatic N) is 3. The molecular formula is C13H14ClN5O. The summed E-state index contributed by atoms with van der Waals surface area (Å²) >= 11 is 6.34. The highest BCUT2D eigenvalue weighted by Gasteiger charge is 2.19. The third kappa shape index (κ3) is 2.22. The van der Waals surface area contributed by atoms with Crippen molar-refractivity contribution in [1.29, 1.82) is 0 Å². The van der Waals surface area contributed by atoms with E-state index < -0.39 is 5.91 Å². The molecule has 1 aromatic heterocycles. The Morgan fingerprint density at radius 3 is 2.70 bits per heavy atom. The molecule has 3 N–H and O–H groups in total. The average Bonchev–Trinajstić information content (AvgIpc) is 3.10. The maximum Gasteiger partial charge on any atom is 0.271 e. The Bertz CT molecular complexity index is 648. The zero-order valence-electron chi connectivity index (χ0n) is 10.8. The smallest absolute Gasteiger partial charge is 0.271 e. The molecule has 0 bridgehead atoms. The monoisotopic (exact) mass is 291 g/mol. The first-order valence-electron chi connectivity index (χ1n) is 6.42. The first-order chi connectivity index (χ1) is 9.66. The van der Waals surface area contributed by atoms with Crippen LogP contribution in [0.3, 0.4) is 0 Å². The van der Waals surface area contributed by atoms with Crippen LogP contribution in [0.5, 0.6) is 0 Å². The summed E-state index contributed by atoms with van der Waals surface area (Å²) in [6.07, 6.45) is 2.38. The third-order valence-electron chi connectivity index (χ3n) is 3.45. The number of aromatic nitrogens is 3. The Labute approximate surface area is 120 Å². The van der Waals surface area contributed by atoms with Crippen LogP contribution >= 0.6 is 11.6 Å². The standard InChI is InChI=1S/C13H14ClN5O/c14-9-7-8(11-12(13(15)20)17-18-16-11)3-4-10(9)19-5-1-2-6-19/h3-4,7H,1-2,5-6H2,(H2,15,20)(H,16,17,18). The largest absolute Gasteiger partial charge is 0.370 e. The number of carbonyl (C=O) groups excluding carboxylic acids is 1. The Kier molecular flexibility index (Phi) is 3.31. The van der Waals surface area contributed by atoms with Crippen LogP contribution in [0.15, 0.2) is 18.2 Å². The molecule has 0 radical (unpaired) electrons. The molecule has 1 saturated heterocycles. The predicted octanol–water partition coefficient (Wildman–Crippen LogP) is 1.82. The fourth-order valence-electron chi connectivity index (χ4n) is 2.47. The van der Waals surface area contributed by atoms with Gasteiger partial charge in [0.1, 0.15) is 5.69 Å². The molecule has 7 heteroatoms. The number of anilines is 1. The number of nitrogens with two attached hydrogens (primary N) is 1. The maximum absolute atomic E-state index is 11.3. The number of primary amides is 1. The van der Waals surface area contributed by atoms with Gasteiger partial charge in [-0.3, -0.25) is 4.79 Å². The number of hydrogen-bond acceptors (Lipinski definition) is 4.